The number of carbonyl (C=O) groups is 1. The number of hydrogen-bond acceptors (Lipinski definition) is 3. The van der Waals surface area contributed by atoms with E-state index in [9.17, 15) is 4.79 Å². The summed E-state index contributed by atoms with van der Waals surface area (Å²) < 4.78 is 1.97. The van der Waals surface area contributed by atoms with Crippen molar-refractivity contribution in [3.05, 3.63) is 45.7 Å². The van der Waals surface area contributed by atoms with Crippen molar-refractivity contribution >= 4 is 22.9 Å². The quantitative estimate of drug-likeness (QED) is 0.491. The zero-order valence-electron chi connectivity index (χ0n) is 14.3. The van der Waals surface area contributed by atoms with Gasteiger partial charge in [0.15, 0.2) is 0 Å². The average molecular weight is 518 g/mol. The van der Waals surface area contributed by atoms with Crippen LogP contribution in [0.1, 0.15) is 32.5 Å². The Hall–Kier alpha value is -0.801. The van der Waals surface area contributed by atoms with Gasteiger partial charge in [0.1, 0.15) is 0 Å². The zero-order valence-corrected chi connectivity index (χ0v) is 16.8. The fraction of sp³-hybridized carbons (Fsp3) is 0.368. The minimum absolute atomic E-state index is 0. The normalized spacial score (nSPS) is 9.64. The van der Waals surface area contributed by atoms with Gasteiger partial charge >= 0.3 is 0 Å². The number of para-hydroxylation sites is 1. The van der Waals surface area contributed by atoms with Crippen LogP contribution in [0.25, 0.3) is 0 Å². The van der Waals surface area contributed by atoms with E-state index in [-0.39, 0.29) is 73.2 Å². The first kappa shape index (κ1) is 26.4. The van der Waals surface area contributed by atoms with Crippen molar-refractivity contribution in [2.45, 2.75) is 34.6 Å². The predicted octanol–water partition coefficient (Wildman–Crippen LogP) is 3.38. The van der Waals surface area contributed by atoms with Crippen molar-refractivity contribution in [1.82, 2.24) is 9.88 Å². The molecule has 4 nitrogen and oxygen atoms in total. The summed E-state index contributed by atoms with van der Waals surface area (Å²) in [6, 6.07) is 7.61. The molecule has 0 fully saturated rings. The number of rotatable bonds is 4. The molecule has 0 aliphatic rings. The number of thiazole rings is 1. The average Bonchev–Trinajstić information content (AvgIpc) is 2.88. The molecule has 1 aromatic heterocycles. The molecular weight excluding hydrogens is 491 g/mol. The van der Waals surface area contributed by atoms with Crippen LogP contribution in [0.3, 0.4) is 0 Å². The maximum absolute atomic E-state index is 11.8. The van der Waals surface area contributed by atoms with Gasteiger partial charge in [-0.2, -0.15) is 5.38 Å². The number of nitrogens with zero attached hydrogens (tertiary/aromatic N) is 2. The fourth-order valence-electron chi connectivity index (χ4n) is 1.76. The third-order valence-corrected chi connectivity index (χ3v) is 3.97. The van der Waals surface area contributed by atoms with Crippen molar-refractivity contribution in [2.24, 2.45) is 12.0 Å². The molecule has 1 aromatic carbocycles. The van der Waals surface area contributed by atoms with Gasteiger partial charge in [-0.25, -0.2) is 0 Å². The molecule has 0 atom stereocenters. The first-order valence-corrected chi connectivity index (χ1v) is 8.30. The Morgan fingerprint density at radius 2 is 2.04 bits per heavy atom. The molecule has 2 rings (SSSR count). The first-order valence-electron chi connectivity index (χ1n) is 7.48. The number of aromatic nitrogens is 1. The summed E-state index contributed by atoms with van der Waals surface area (Å²) in [5.74, 6) is 2.29. The SMILES string of the molecule is C.C#CCNC(=O)Cc1ccccc1N=c1s[c-]c(C)n1C.CC.[Yb]. The molecule has 0 aliphatic carbocycles. The molecule has 0 saturated carbocycles. The summed E-state index contributed by atoms with van der Waals surface area (Å²) in [6.45, 7) is 6.22. The summed E-state index contributed by atoms with van der Waals surface area (Å²) in [5, 5.41) is 5.82. The molecule has 1 N–H and O–H groups in total. The number of carbonyl (C=O) groups excluding carboxylic acids is 1. The number of hydrogen-bond donors (Lipinski definition) is 1. The topological polar surface area (TPSA) is 46.4 Å². The number of aryl methyl sites for hydroxylation is 1. The van der Waals surface area contributed by atoms with E-state index in [4.69, 9.17) is 6.42 Å². The Balaban J connectivity index is 0. The maximum atomic E-state index is 11.8. The molecule has 0 aliphatic heterocycles. The van der Waals surface area contributed by atoms with E-state index in [1.807, 2.05) is 56.7 Å². The predicted molar refractivity (Wildman–Crippen MR) is 102 cm³/mol. The molecule has 0 unspecified atom stereocenters. The van der Waals surface area contributed by atoms with Crippen LogP contribution in [0.15, 0.2) is 29.3 Å². The van der Waals surface area contributed by atoms with Crippen molar-refractivity contribution in [1.29, 1.82) is 0 Å². The maximum Gasteiger partial charge on any atom is 0.225 e. The van der Waals surface area contributed by atoms with Crippen molar-refractivity contribution in [3.63, 3.8) is 0 Å². The number of terminal acetylenes is 1. The van der Waals surface area contributed by atoms with Gasteiger partial charge in [-0.3, -0.25) is 4.79 Å². The van der Waals surface area contributed by atoms with Crippen LogP contribution in [-0.2, 0) is 18.3 Å². The second-order valence-corrected chi connectivity index (χ2v) is 5.30. The molecule has 25 heavy (non-hydrogen) atoms. The molecule has 2 aromatic rings. The van der Waals surface area contributed by atoms with Crippen molar-refractivity contribution in [2.75, 3.05) is 6.54 Å². The van der Waals surface area contributed by atoms with E-state index in [1.165, 1.54) is 11.3 Å². The molecule has 0 bridgehead atoms. The van der Waals surface area contributed by atoms with Crippen LogP contribution < -0.4 is 10.1 Å². The summed E-state index contributed by atoms with van der Waals surface area (Å²) in [4.78, 5) is 17.3. The molecule has 0 radical (unpaired) electrons. The van der Waals surface area contributed by atoms with Crippen molar-refractivity contribution in [3.8, 4) is 12.3 Å². The zero-order chi connectivity index (χ0) is 17.2. The molecular formula is C19H26N3OSYb-. The van der Waals surface area contributed by atoms with Crippen LogP contribution in [0.5, 0.6) is 0 Å². The third kappa shape index (κ3) is 8.42. The smallest absolute Gasteiger partial charge is 0.225 e. The van der Waals surface area contributed by atoms with Gasteiger partial charge in [0.05, 0.1) is 13.0 Å². The second kappa shape index (κ2) is 14.4. The van der Waals surface area contributed by atoms with Crippen LogP contribution in [0, 0.1) is 71.6 Å². The molecule has 144 valence electrons. The summed E-state index contributed by atoms with van der Waals surface area (Å²) in [5.41, 5.74) is 2.69. The Morgan fingerprint density at radius 1 is 1.40 bits per heavy atom. The van der Waals surface area contributed by atoms with Crippen molar-refractivity contribution < 1.29 is 51.7 Å². The van der Waals surface area contributed by atoms with Crippen LogP contribution in [0.2, 0.25) is 0 Å². The fourth-order valence-corrected chi connectivity index (χ4v) is 2.55. The molecule has 1 heterocycles. The minimum Gasteiger partial charge on any atom is -0.418 e. The van der Waals surface area contributed by atoms with Crippen LogP contribution >= 0.6 is 11.3 Å². The van der Waals surface area contributed by atoms with Gasteiger partial charge in [-0.15, -0.1) is 6.42 Å². The van der Waals surface area contributed by atoms with E-state index in [0.29, 0.717) is 0 Å². The molecule has 6 heteroatoms. The van der Waals surface area contributed by atoms with Gasteiger partial charge in [-0.05, 0) is 25.6 Å². The van der Waals surface area contributed by atoms with Gasteiger partial charge < -0.3 is 26.2 Å². The molecule has 0 saturated heterocycles. The minimum atomic E-state index is -0.103. The van der Waals surface area contributed by atoms with E-state index in [0.717, 1.165) is 21.7 Å². The van der Waals surface area contributed by atoms with E-state index in [1.54, 1.807) is 0 Å². The van der Waals surface area contributed by atoms with E-state index in [2.05, 4.69) is 21.6 Å². The van der Waals surface area contributed by atoms with E-state index < -0.39 is 0 Å². The third-order valence-electron chi connectivity index (χ3n) is 3.03. The monoisotopic (exact) mass is 518 g/mol. The standard InChI is InChI=1S/C16H16N3OS.C2H6.CH4.Yb/c1-4-9-17-15(20)10-13-7-5-6-8-14(13)18-16-19(3)12(2)11-21-16;1-2;;/h1,5-8H,9-10H2,2-3H3,(H,17,20);1-2H3;1H4;/q-1;;;. The molecule has 1 amide bonds. The summed E-state index contributed by atoms with van der Waals surface area (Å²) >= 11 is 1.46. The summed E-state index contributed by atoms with van der Waals surface area (Å²) in [7, 11) is 1.95. The second-order valence-electron chi connectivity index (χ2n) is 4.53. The van der Waals surface area contributed by atoms with Gasteiger partial charge in [0.2, 0.25) is 5.91 Å². The Morgan fingerprint density at radius 3 is 2.60 bits per heavy atom. The Bertz CT molecular complexity index is 757. The Labute approximate surface area is 194 Å². The molecule has 0 spiro atoms. The van der Waals surface area contributed by atoms with Crippen LogP contribution in [-0.4, -0.2) is 17.0 Å². The first-order chi connectivity index (χ1) is 11.1. The Kier molecular flexibility index (Phi) is 15.2. The largest absolute Gasteiger partial charge is 0.418 e. The van der Waals surface area contributed by atoms with Gasteiger partial charge in [0.25, 0.3) is 0 Å². The number of benzene rings is 1. The van der Waals surface area contributed by atoms with E-state index >= 15 is 0 Å². The van der Waals surface area contributed by atoms with Crippen LogP contribution in [0.4, 0.5) is 5.69 Å². The summed E-state index contributed by atoms with van der Waals surface area (Å²) in [6.07, 6.45) is 5.40. The number of nitrogens with one attached hydrogen (secondary N) is 1. The number of amides is 1. The van der Waals surface area contributed by atoms with Gasteiger partial charge in [0, 0.05) is 57.4 Å². The van der Waals surface area contributed by atoms with Gasteiger partial charge in [-0.1, -0.05) is 51.1 Å².